The number of alkyl carbamates (subject to hydrolysis) is 1. The lowest BCUT2D eigenvalue weighted by atomic mass is 9.95. The highest BCUT2D eigenvalue weighted by Gasteiger charge is 2.37. The van der Waals surface area contributed by atoms with E-state index in [0.29, 0.717) is 6.54 Å². The van der Waals surface area contributed by atoms with Gasteiger partial charge in [-0.25, -0.2) is 4.79 Å². The van der Waals surface area contributed by atoms with Crippen molar-refractivity contribution in [3.05, 3.63) is 71.3 Å². The van der Waals surface area contributed by atoms with Gasteiger partial charge < -0.3 is 20.3 Å². The predicted molar refractivity (Wildman–Crippen MR) is 156 cm³/mol. The van der Waals surface area contributed by atoms with Crippen molar-refractivity contribution in [2.75, 3.05) is 6.54 Å². The normalized spacial score (nSPS) is 13.2. The van der Waals surface area contributed by atoms with Gasteiger partial charge in [-0.2, -0.15) is 0 Å². The predicted octanol–water partition coefficient (Wildman–Crippen LogP) is 6.11. The van der Waals surface area contributed by atoms with Crippen LogP contribution in [0.4, 0.5) is 4.79 Å². The Balaban J connectivity index is 2.58. The molecule has 2 aromatic carbocycles. The number of carbonyl (C=O) groups is 3. The van der Waals surface area contributed by atoms with E-state index in [1.165, 1.54) is 0 Å². The molecule has 2 atom stereocenters. The highest BCUT2D eigenvalue weighted by molar-refractivity contribution is 5.92. The highest BCUT2D eigenvalue weighted by Crippen LogP contribution is 2.27. The number of hydrogen-bond donors (Lipinski definition) is 2. The maximum absolute atomic E-state index is 14.4. The summed E-state index contributed by atoms with van der Waals surface area (Å²) in [6, 6.07) is 15.4. The molecule has 2 rings (SSSR count). The Morgan fingerprint density at radius 2 is 1.51 bits per heavy atom. The van der Waals surface area contributed by atoms with E-state index in [4.69, 9.17) is 4.74 Å². The lowest BCUT2D eigenvalue weighted by molar-refractivity contribution is -0.143. The summed E-state index contributed by atoms with van der Waals surface area (Å²) in [5, 5.41) is 5.90. The van der Waals surface area contributed by atoms with Crippen molar-refractivity contribution in [3.63, 3.8) is 0 Å². The van der Waals surface area contributed by atoms with Crippen molar-refractivity contribution in [2.24, 2.45) is 0 Å². The molecule has 214 valence electrons. The molecule has 0 aliphatic rings. The van der Waals surface area contributed by atoms with Gasteiger partial charge in [0, 0.05) is 18.5 Å². The molecule has 2 N–H and O–H groups in total. The molecule has 0 radical (unpaired) electrons. The number of rotatable bonds is 11. The number of amides is 3. The minimum atomic E-state index is -0.919. The van der Waals surface area contributed by atoms with E-state index < -0.39 is 29.3 Å². The van der Waals surface area contributed by atoms with Crippen LogP contribution in [0.5, 0.6) is 0 Å². The molecule has 0 bridgehead atoms. The van der Waals surface area contributed by atoms with Crippen molar-refractivity contribution >= 4 is 17.9 Å². The molecule has 2 unspecified atom stereocenters. The Morgan fingerprint density at radius 1 is 0.897 bits per heavy atom. The summed E-state index contributed by atoms with van der Waals surface area (Å²) in [6.07, 6.45) is 2.21. The van der Waals surface area contributed by atoms with E-state index in [-0.39, 0.29) is 18.2 Å². The molecule has 0 spiro atoms. The summed E-state index contributed by atoms with van der Waals surface area (Å²) in [7, 11) is 0. The van der Waals surface area contributed by atoms with Gasteiger partial charge in [0.2, 0.25) is 11.8 Å². The van der Waals surface area contributed by atoms with Gasteiger partial charge >= 0.3 is 6.09 Å². The van der Waals surface area contributed by atoms with Crippen molar-refractivity contribution in [2.45, 2.75) is 104 Å². The van der Waals surface area contributed by atoms with E-state index in [9.17, 15) is 14.4 Å². The Hall–Kier alpha value is -3.35. The van der Waals surface area contributed by atoms with Crippen LogP contribution in [0.3, 0.4) is 0 Å². The first-order chi connectivity index (χ1) is 18.2. The summed E-state index contributed by atoms with van der Waals surface area (Å²) < 4.78 is 5.51. The average Bonchev–Trinajstić information content (AvgIpc) is 2.82. The zero-order chi connectivity index (χ0) is 29.2. The molecule has 39 heavy (non-hydrogen) atoms. The topological polar surface area (TPSA) is 87.7 Å². The third-order valence-corrected chi connectivity index (χ3v) is 6.10. The van der Waals surface area contributed by atoms with Gasteiger partial charge in [-0.3, -0.25) is 9.59 Å². The minimum absolute atomic E-state index is 0.252. The lowest BCUT2D eigenvalue weighted by Crippen LogP contribution is -2.55. The maximum Gasteiger partial charge on any atom is 0.408 e. The van der Waals surface area contributed by atoms with Gasteiger partial charge in [-0.15, -0.1) is 0 Å². The second-order valence-electron chi connectivity index (χ2n) is 12.1. The van der Waals surface area contributed by atoms with Gasteiger partial charge in [-0.1, -0.05) is 74.4 Å². The summed E-state index contributed by atoms with van der Waals surface area (Å²) in [4.78, 5) is 42.8. The van der Waals surface area contributed by atoms with Crippen molar-refractivity contribution < 1.29 is 19.1 Å². The third-order valence-electron chi connectivity index (χ3n) is 6.10. The quantitative estimate of drug-likeness (QED) is 0.339. The number of carbonyl (C=O) groups excluding carboxylic acids is 3. The number of hydrogen-bond acceptors (Lipinski definition) is 4. The van der Waals surface area contributed by atoms with Crippen LogP contribution in [-0.2, 0) is 20.7 Å². The molecular formula is C32H47N3O4. The average molecular weight is 538 g/mol. The van der Waals surface area contributed by atoms with Gasteiger partial charge in [0.25, 0.3) is 0 Å². The van der Waals surface area contributed by atoms with Crippen LogP contribution in [0, 0.1) is 6.92 Å². The number of nitrogens with zero attached hydrogens (tertiary/aromatic N) is 1. The fourth-order valence-electron chi connectivity index (χ4n) is 4.38. The first-order valence-electron chi connectivity index (χ1n) is 13.9. The van der Waals surface area contributed by atoms with Crippen LogP contribution in [0.15, 0.2) is 54.6 Å². The second kappa shape index (κ2) is 14.2. The molecule has 2 aromatic rings. The summed E-state index contributed by atoms with van der Waals surface area (Å²) >= 11 is 0. The van der Waals surface area contributed by atoms with E-state index in [2.05, 4.69) is 17.6 Å². The Bertz CT molecular complexity index is 1090. The molecule has 0 saturated carbocycles. The number of aryl methyl sites for hydroxylation is 1. The molecule has 0 aliphatic heterocycles. The summed E-state index contributed by atoms with van der Waals surface area (Å²) in [5.41, 5.74) is 1.36. The molecule has 0 fully saturated rings. The third kappa shape index (κ3) is 10.7. The molecule has 0 saturated heterocycles. The fraction of sp³-hybridized carbons (Fsp3) is 0.531. The zero-order valence-electron chi connectivity index (χ0n) is 25.0. The Kier molecular flexibility index (Phi) is 11.6. The largest absolute Gasteiger partial charge is 0.444 e. The number of nitrogens with one attached hydrogen (secondary N) is 2. The van der Waals surface area contributed by atoms with Crippen LogP contribution in [0.2, 0.25) is 0 Å². The van der Waals surface area contributed by atoms with E-state index in [1.807, 2.05) is 82.3 Å². The van der Waals surface area contributed by atoms with Crippen LogP contribution < -0.4 is 10.6 Å². The molecule has 0 aromatic heterocycles. The van der Waals surface area contributed by atoms with Crippen molar-refractivity contribution in [1.82, 2.24) is 15.5 Å². The smallest absolute Gasteiger partial charge is 0.408 e. The monoisotopic (exact) mass is 537 g/mol. The van der Waals surface area contributed by atoms with Gasteiger partial charge in [-0.05, 0) is 71.6 Å². The molecular weight excluding hydrogens is 490 g/mol. The minimum Gasteiger partial charge on any atom is -0.444 e. The van der Waals surface area contributed by atoms with Crippen molar-refractivity contribution in [1.29, 1.82) is 0 Å². The van der Waals surface area contributed by atoms with Crippen molar-refractivity contribution in [3.8, 4) is 0 Å². The SMILES string of the molecule is CCCCCN(C(=O)C(Cc1ccccc1)NC(=O)OC(C)(C)C)C(C(=O)NC(C)(C)C)c1ccccc1C. The summed E-state index contributed by atoms with van der Waals surface area (Å²) in [6.45, 7) is 15.5. The van der Waals surface area contributed by atoms with Gasteiger partial charge in [0.05, 0.1) is 0 Å². The standard InChI is InChI=1S/C32H47N3O4/c1-9-10-16-21-35(27(28(36)34-31(3,4)5)25-20-15-14-17-23(25)2)29(37)26(22-24-18-12-11-13-19-24)33-30(38)39-32(6,7)8/h11-15,17-20,26-27H,9-10,16,21-22H2,1-8H3,(H,33,38)(H,34,36). The molecule has 3 amide bonds. The Labute approximate surface area is 234 Å². The lowest BCUT2D eigenvalue weighted by Gasteiger charge is -2.36. The van der Waals surface area contributed by atoms with Gasteiger partial charge in [0.15, 0.2) is 0 Å². The van der Waals surface area contributed by atoms with Crippen LogP contribution in [-0.4, -0.2) is 46.5 Å². The van der Waals surface area contributed by atoms with E-state index in [0.717, 1.165) is 36.0 Å². The molecule has 7 heteroatoms. The zero-order valence-corrected chi connectivity index (χ0v) is 25.0. The maximum atomic E-state index is 14.4. The summed E-state index contributed by atoms with van der Waals surface area (Å²) in [5.74, 6) is -0.574. The van der Waals surface area contributed by atoms with Crippen LogP contribution in [0.1, 0.15) is 90.5 Å². The fourth-order valence-corrected chi connectivity index (χ4v) is 4.38. The van der Waals surface area contributed by atoms with Gasteiger partial charge in [0.1, 0.15) is 17.7 Å². The first kappa shape index (κ1) is 31.9. The number of ether oxygens (including phenoxy) is 1. The van der Waals surface area contributed by atoms with E-state index >= 15 is 0 Å². The molecule has 0 aliphatic carbocycles. The molecule has 7 nitrogen and oxygen atoms in total. The van der Waals surface area contributed by atoms with Crippen LogP contribution in [0.25, 0.3) is 0 Å². The van der Waals surface area contributed by atoms with E-state index in [1.54, 1.807) is 25.7 Å². The highest BCUT2D eigenvalue weighted by atomic mass is 16.6. The number of unbranched alkanes of at least 4 members (excludes halogenated alkanes) is 2. The second-order valence-corrected chi connectivity index (χ2v) is 12.1. The Morgan fingerprint density at radius 3 is 2.08 bits per heavy atom. The number of benzene rings is 2. The molecule has 0 heterocycles. The van der Waals surface area contributed by atoms with Crippen LogP contribution >= 0.6 is 0 Å². The first-order valence-corrected chi connectivity index (χ1v) is 13.9.